The molecule has 2 aliphatic rings. The number of ether oxygens (including phenoxy) is 1. The summed E-state index contributed by atoms with van der Waals surface area (Å²) in [6, 6.07) is 18.4. The number of amides is 1. The van der Waals surface area contributed by atoms with Crippen LogP contribution in [0, 0.1) is 12.3 Å². The van der Waals surface area contributed by atoms with Crippen molar-refractivity contribution in [3.8, 4) is 18.1 Å². The third-order valence-electron chi connectivity index (χ3n) is 7.07. The van der Waals surface area contributed by atoms with Crippen LogP contribution in [0.25, 0.3) is 10.9 Å². The maximum atomic E-state index is 13.0. The highest BCUT2D eigenvalue weighted by molar-refractivity contribution is 5.89. The van der Waals surface area contributed by atoms with Gasteiger partial charge in [-0.15, -0.1) is 6.42 Å². The number of aromatic nitrogens is 1. The maximum absolute atomic E-state index is 13.0. The summed E-state index contributed by atoms with van der Waals surface area (Å²) in [5.41, 5.74) is 3.22. The molecule has 5 rings (SSSR count). The van der Waals surface area contributed by atoms with Gasteiger partial charge in [0.25, 0.3) is 0 Å². The molecule has 2 aromatic carbocycles. The Balaban J connectivity index is 1.20. The van der Waals surface area contributed by atoms with Crippen molar-refractivity contribution in [3.05, 3.63) is 71.9 Å². The molecular weight excluding hydrogens is 450 g/mol. The number of carbonyl (C=O) groups is 1. The second kappa shape index (κ2) is 11.5. The van der Waals surface area contributed by atoms with Crippen LogP contribution < -0.4 is 4.74 Å². The molecule has 36 heavy (non-hydrogen) atoms. The Kier molecular flexibility index (Phi) is 7.77. The van der Waals surface area contributed by atoms with Gasteiger partial charge in [0.1, 0.15) is 5.52 Å². The minimum atomic E-state index is -0.307. The minimum Gasteiger partial charge on any atom is -0.408 e. The molecule has 0 atom stereocenters. The van der Waals surface area contributed by atoms with Crippen molar-refractivity contribution in [2.45, 2.75) is 13.1 Å². The van der Waals surface area contributed by atoms with Crippen molar-refractivity contribution in [2.24, 2.45) is 0 Å². The Bertz CT molecular complexity index is 1210. The van der Waals surface area contributed by atoms with Crippen LogP contribution in [0.1, 0.15) is 11.1 Å². The summed E-state index contributed by atoms with van der Waals surface area (Å²) >= 11 is 0. The summed E-state index contributed by atoms with van der Waals surface area (Å²) < 4.78 is 5.87. The molecule has 1 amide bonds. The molecule has 3 aromatic rings. The standard InChI is InChI=1S/C29H33N5O2/c1-2-13-31-14-16-33(17-15-31)23-25-10-11-27(28-26(25)9-6-12-30-28)36-29(35)34-20-18-32(19-21-34)22-24-7-4-3-5-8-24/h1,3-12H,13-23H2. The molecule has 0 radical (unpaired) electrons. The smallest absolute Gasteiger partial charge is 0.408 e. The first-order chi connectivity index (χ1) is 17.7. The van der Waals surface area contributed by atoms with Gasteiger partial charge >= 0.3 is 6.09 Å². The van der Waals surface area contributed by atoms with Crippen LogP contribution in [-0.4, -0.2) is 89.6 Å². The Morgan fingerprint density at radius 3 is 2.28 bits per heavy atom. The number of fused-ring (bicyclic) bond motifs is 1. The predicted molar refractivity (Wildman–Crippen MR) is 142 cm³/mol. The summed E-state index contributed by atoms with van der Waals surface area (Å²) in [5, 5.41) is 1.03. The Morgan fingerprint density at radius 2 is 1.53 bits per heavy atom. The molecule has 1 aromatic heterocycles. The second-order valence-electron chi connectivity index (χ2n) is 9.50. The highest BCUT2D eigenvalue weighted by Gasteiger charge is 2.24. The van der Waals surface area contributed by atoms with Gasteiger partial charge in [-0.2, -0.15) is 0 Å². The van der Waals surface area contributed by atoms with E-state index in [0.29, 0.717) is 25.4 Å². The average molecular weight is 484 g/mol. The molecule has 0 saturated carbocycles. The second-order valence-corrected chi connectivity index (χ2v) is 9.50. The van der Waals surface area contributed by atoms with Gasteiger partial charge in [0.2, 0.25) is 0 Å². The van der Waals surface area contributed by atoms with E-state index in [2.05, 4.69) is 62.0 Å². The summed E-state index contributed by atoms with van der Waals surface area (Å²) in [5.74, 6) is 3.25. The molecule has 3 heterocycles. The van der Waals surface area contributed by atoms with Crippen molar-refractivity contribution >= 4 is 17.0 Å². The molecular formula is C29H33N5O2. The minimum absolute atomic E-state index is 0.307. The summed E-state index contributed by atoms with van der Waals surface area (Å²) in [4.78, 5) is 26.5. The van der Waals surface area contributed by atoms with Crippen LogP contribution in [0.5, 0.6) is 5.75 Å². The number of piperazine rings is 2. The molecule has 7 heteroatoms. The molecule has 0 aliphatic carbocycles. The number of pyridine rings is 1. The molecule has 2 saturated heterocycles. The highest BCUT2D eigenvalue weighted by Crippen LogP contribution is 2.28. The van der Waals surface area contributed by atoms with Gasteiger partial charge < -0.3 is 9.64 Å². The van der Waals surface area contributed by atoms with Crippen LogP contribution >= 0.6 is 0 Å². The van der Waals surface area contributed by atoms with E-state index in [1.807, 2.05) is 18.2 Å². The van der Waals surface area contributed by atoms with Gasteiger partial charge in [0.05, 0.1) is 6.54 Å². The Labute approximate surface area is 213 Å². The molecule has 186 valence electrons. The van der Waals surface area contributed by atoms with E-state index in [1.54, 1.807) is 11.1 Å². The van der Waals surface area contributed by atoms with E-state index in [-0.39, 0.29) is 6.09 Å². The predicted octanol–water partition coefficient (Wildman–Crippen LogP) is 3.30. The molecule has 0 unspecified atom stereocenters. The van der Waals surface area contributed by atoms with Crippen LogP contribution in [0.3, 0.4) is 0 Å². The van der Waals surface area contributed by atoms with E-state index in [0.717, 1.165) is 63.3 Å². The maximum Gasteiger partial charge on any atom is 0.415 e. The quantitative estimate of drug-likeness (QED) is 0.502. The third-order valence-corrected chi connectivity index (χ3v) is 7.07. The first kappa shape index (κ1) is 24.3. The van der Waals surface area contributed by atoms with E-state index in [4.69, 9.17) is 11.2 Å². The van der Waals surface area contributed by atoms with Crippen molar-refractivity contribution < 1.29 is 9.53 Å². The van der Waals surface area contributed by atoms with Gasteiger partial charge in [-0.05, 0) is 23.3 Å². The lowest BCUT2D eigenvalue weighted by Gasteiger charge is -2.34. The van der Waals surface area contributed by atoms with Crippen molar-refractivity contribution in [1.82, 2.24) is 24.6 Å². The fraction of sp³-hybridized carbons (Fsp3) is 0.379. The molecule has 0 N–H and O–H groups in total. The van der Waals surface area contributed by atoms with Crippen molar-refractivity contribution in [2.75, 3.05) is 58.9 Å². The number of nitrogens with zero attached hydrogens (tertiary/aromatic N) is 5. The van der Waals surface area contributed by atoms with Gasteiger partial charge in [0.15, 0.2) is 5.75 Å². The summed E-state index contributed by atoms with van der Waals surface area (Å²) in [6.07, 6.45) is 6.90. The van der Waals surface area contributed by atoms with Gasteiger partial charge in [-0.1, -0.05) is 48.4 Å². The van der Waals surface area contributed by atoms with Crippen LogP contribution in [0.15, 0.2) is 60.8 Å². The lowest BCUT2D eigenvalue weighted by atomic mass is 10.1. The highest BCUT2D eigenvalue weighted by atomic mass is 16.6. The van der Waals surface area contributed by atoms with Crippen molar-refractivity contribution in [3.63, 3.8) is 0 Å². The number of rotatable bonds is 6. The van der Waals surface area contributed by atoms with E-state index in [1.165, 1.54) is 11.1 Å². The number of hydrogen-bond acceptors (Lipinski definition) is 6. The van der Waals surface area contributed by atoms with E-state index in [9.17, 15) is 4.79 Å². The van der Waals surface area contributed by atoms with Crippen molar-refractivity contribution in [1.29, 1.82) is 0 Å². The number of hydrogen-bond donors (Lipinski definition) is 0. The fourth-order valence-electron chi connectivity index (χ4n) is 4.99. The topological polar surface area (TPSA) is 52.2 Å². The zero-order valence-electron chi connectivity index (χ0n) is 20.7. The van der Waals surface area contributed by atoms with Gasteiger partial charge in [-0.25, -0.2) is 4.79 Å². The van der Waals surface area contributed by atoms with Crippen LogP contribution in [0.4, 0.5) is 4.79 Å². The fourth-order valence-corrected chi connectivity index (χ4v) is 4.99. The molecule has 0 spiro atoms. The van der Waals surface area contributed by atoms with E-state index >= 15 is 0 Å². The molecule has 7 nitrogen and oxygen atoms in total. The first-order valence-electron chi connectivity index (χ1n) is 12.7. The zero-order chi connectivity index (χ0) is 24.7. The first-order valence-corrected chi connectivity index (χ1v) is 12.7. The number of carbonyl (C=O) groups excluding carboxylic acids is 1. The number of terminal acetylenes is 1. The molecule has 0 bridgehead atoms. The lowest BCUT2D eigenvalue weighted by molar-refractivity contribution is 0.108. The number of benzene rings is 2. The summed E-state index contributed by atoms with van der Waals surface area (Å²) in [6.45, 7) is 9.34. The van der Waals surface area contributed by atoms with E-state index < -0.39 is 0 Å². The normalized spacial score (nSPS) is 17.7. The van der Waals surface area contributed by atoms with Crippen LogP contribution in [-0.2, 0) is 13.1 Å². The SMILES string of the molecule is C#CCN1CCN(Cc2ccc(OC(=O)N3CCN(Cc4ccccc4)CC3)c3ncccc23)CC1. The van der Waals surface area contributed by atoms with Gasteiger partial charge in [-0.3, -0.25) is 19.7 Å². The summed E-state index contributed by atoms with van der Waals surface area (Å²) in [7, 11) is 0. The largest absolute Gasteiger partial charge is 0.415 e. The molecule has 2 fully saturated rings. The van der Waals surface area contributed by atoms with Gasteiger partial charge in [0, 0.05) is 77.0 Å². The zero-order valence-corrected chi connectivity index (χ0v) is 20.7. The Morgan fingerprint density at radius 1 is 0.833 bits per heavy atom. The lowest BCUT2D eigenvalue weighted by Crippen LogP contribution is -2.49. The molecule has 2 aliphatic heterocycles. The third kappa shape index (κ3) is 5.85. The monoisotopic (exact) mass is 483 g/mol. The Hall–Kier alpha value is -3.44. The average Bonchev–Trinajstić information content (AvgIpc) is 2.92. The van der Waals surface area contributed by atoms with Crippen LogP contribution in [0.2, 0.25) is 0 Å².